The molecular weight excluding hydrogens is 450 g/mol. The molecule has 0 saturated carbocycles. The molecule has 3 amide bonds. The van der Waals surface area contributed by atoms with Crippen molar-refractivity contribution in [3.05, 3.63) is 40.7 Å². The Hall–Kier alpha value is -4.04. The minimum absolute atomic E-state index is 0.0755. The minimum Gasteiger partial charge on any atom is -0.383 e. The van der Waals surface area contributed by atoms with E-state index in [2.05, 4.69) is 26.7 Å². The van der Waals surface area contributed by atoms with Gasteiger partial charge in [-0.1, -0.05) is 0 Å². The third kappa shape index (κ3) is 5.38. The second-order valence-corrected chi connectivity index (χ2v) is 8.38. The molecular formula is C24H27N7O4. The fraction of sp³-hybridized carbons (Fsp3) is 0.417. The molecule has 2 aliphatic heterocycles. The van der Waals surface area contributed by atoms with E-state index in [4.69, 9.17) is 4.74 Å². The standard InChI is InChI=1S/C24H27N7O4/c1-35-9-6-26-19-11-21(27-13-18(19)12-25)29-24(34)31-8-2-4-16-10-17(20(15-32)28-23(16)31)14-30-7-3-5-22(30)33/h10-11,13,15H,2-9,14H2,1H3,(H2,26,27,29,34). The van der Waals surface area contributed by atoms with Crippen LogP contribution in [-0.2, 0) is 22.5 Å². The largest absolute Gasteiger partial charge is 0.383 e. The van der Waals surface area contributed by atoms with Crippen molar-refractivity contribution in [3.63, 3.8) is 0 Å². The van der Waals surface area contributed by atoms with Crippen LogP contribution in [0, 0.1) is 11.3 Å². The van der Waals surface area contributed by atoms with E-state index in [9.17, 15) is 19.6 Å². The van der Waals surface area contributed by atoms with Crippen molar-refractivity contribution in [1.82, 2.24) is 14.9 Å². The Morgan fingerprint density at radius 2 is 2.11 bits per heavy atom. The summed E-state index contributed by atoms with van der Waals surface area (Å²) in [6, 6.07) is 5.12. The van der Waals surface area contributed by atoms with Crippen LogP contribution in [0.5, 0.6) is 0 Å². The van der Waals surface area contributed by atoms with Crippen LogP contribution in [0.4, 0.5) is 22.1 Å². The zero-order chi connectivity index (χ0) is 24.8. The number of aldehydes is 1. The Bertz CT molecular complexity index is 1180. The predicted molar refractivity (Wildman–Crippen MR) is 128 cm³/mol. The second-order valence-electron chi connectivity index (χ2n) is 8.38. The van der Waals surface area contributed by atoms with E-state index in [-0.39, 0.29) is 17.4 Å². The van der Waals surface area contributed by atoms with Crippen molar-refractivity contribution < 1.29 is 19.1 Å². The van der Waals surface area contributed by atoms with Gasteiger partial charge in [-0.05, 0) is 30.9 Å². The van der Waals surface area contributed by atoms with Gasteiger partial charge in [0.15, 0.2) is 6.29 Å². The maximum absolute atomic E-state index is 13.2. The predicted octanol–water partition coefficient (Wildman–Crippen LogP) is 2.33. The summed E-state index contributed by atoms with van der Waals surface area (Å²) < 4.78 is 5.03. The third-order valence-electron chi connectivity index (χ3n) is 6.04. The number of aromatic nitrogens is 2. The molecule has 0 atom stereocenters. The first-order valence-corrected chi connectivity index (χ1v) is 11.5. The number of aryl methyl sites for hydroxylation is 1. The molecule has 0 unspecified atom stereocenters. The van der Waals surface area contributed by atoms with Crippen molar-refractivity contribution in [1.29, 1.82) is 5.26 Å². The number of nitrogens with one attached hydrogen (secondary N) is 2. The molecule has 35 heavy (non-hydrogen) atoms. The van der Waals surface area contributed by atoms with Gasteiger partial charge in [0, 0.05) is 57.5 Å². The van der Waals surface area contributed by atoms with E-state index >= 15 is 0 Å². The van der Waals surface area contributed by atoms with E-state index in [0.29, 0.717) is 68.1 Å². The molecule has 0 aliphatic carbocycles. The van der Waals surface area contributed by atoms with Crippen LogP contribution in [0.2, 0.25) is 0 Å². The van der Waals surface area contributed by atoms with Crippen LogP contribution in [0.3, 0.4) is 0 Å². The molecule has 0 bridgehead atoms. The molecule has 2 N–H and O–H groups in total. The molecule has 2 aromatic rings. The number of methoxy groups -OCH3 is 1. The lowest BCUT2D eigenvalue weighted by atomic mass is 10.0. The van der Waals surface area contributed by atoms with E-state index in [1.54, 1.807) is 18.1 Å². The van der Waals surface area contributed by atoms with Gasteiger partial charge in [-0.15, -0.1) is 0 Å². The van der Waals surface area contributed by atoms with Gasteiger partial charge in [0.2, 0.25) is 5.91 Å². The summed E-state index contributed by atoms with van der Waals surface area (Å²) in [5.74, 6) is 0.784. The number of likely N-dealkylation sites (tertiary alicyclic amines) is 1. The van der Waals surface area contributed by atoms with Gasteiger partial charge >= 0.3 is 6.03 Å². The van der Waals surface area contributed by atoms with Crippen LogP contribution in [0.15, 0.2) is 18.3 Å². The smallest absolute Gasteiger partial charge is 0.328 e. The van der Waals surface area contributed by atoms with Gasteiger partial charge < -0.3 is 15.0 Å². The summed E-state index contributed by atoms with van der Waals surface area (Å²) in [5, 5.41) is 15.2. The fourth-order valence-corrected chi connectivity index (χ4v) is 4.28. The number of urea groups is 1. The molecule has 4 rings (SSSR count). The Labute approximate surface area is 203 Å². The molecule has 11 nitrogen and oxygen atoms in total. The average Bonchev–Trinajstić information content (AvgIpc) is 3.27. The lowest BCUT2D eigenvalue weighted by molar-refractivity contribution is -0.128. The summed E-state index contributed by atoms with van der Waals surface area (Å²) in [7, 11) is 1.58. The van der Waals surface area contributed by atoms with Crippen LogP contribution >= 0.6 is 0 Å². The Kier molecular flexibility index (Phi) is 7.52. The minimum atomic E-state index is -0.433. The van der Waals surface area contributed by atoms with Crippen molar-refractivity contribution in [2.75, 3.05) is 48.9 Å². The summed E-state index contributed by atoms with van der Waals surface area (Å²) in [4.78, 5) is 48.9. The van der Waals surface area contributed by atoms with Gasteiger partial charge in [0.25, 0.3) is 0 Å². The number of carbonyl (C=O) groups is 3. The Balaban J connectivity index is 1.54. The maximum Gasteiger partial charge on any atom is 0.328 e. The number of hydrogen-bond donors (Lipinski definition) is 2. The van der Waals surface area contributed by atoms with Crippen molar-refractivity contribution >= 4 is 35.5 Å². The molecule has 2 aliphatic rings. The number of nitrogens with zero attached hydrogens (tertiary/aromatic N) is 5. The lowest BCUT2D eigenvalue weighted by Crippen LogP contribution is -2.40. The van der Waals surface area contributed by atoms with Gasteiger partial charge in [-0.2, -0.15) is 5.26 Å². The first kappa shape index (κ1) is 24.1. The molecule has 11 heteroatoms. The molecule has 0 radical (unpaired) electrons. The van der Waals surface area contributed by atoms with E-state index < -0.39 is 6.03 Å². The highest BCUT2D eigenvalue weighted by molar-refractivity contribution is 6.01. The van der Waals surface area contributed by atoms with Crippen LogP contribution in [-0.4, -0.2) is 66.4 Å². The topological polar surface area (TPSA) is 141 Å². The second kappa shape index (κ2) is 10.9. The molecule has 1 saturated heterocycles. The zero-order valence-corrected chi connectivity index (χ0v) is 19.5. The number of rotatable bonds is 8. The monoisotopic (exact) mass is 477 g/mol. The van der Waals surface area contributed by atoms with Gasteiger partial charge in [0.05, 0.1) is 17.9 Å². The fourth-order valence-electron chi connectivity index (χ4n) is 4.28. The number of anilines is 3. The van der Waals surface area contributed by atoms with Crippen molar-refractivity contribution in [2.24, 2.45) is 0 Å². The summed E-state index contributed by atoms with van der Waals surface area (Å²) >= 11 is 0. The number of fused-ring (bicyclic) bond motifs is 1. The van der Waals surface area contributed by atoms with Crippen molar-refractivity contribution in [3.8, 4) is 6.07 Å². The first-order valence-electron chi connectivity index (χ1n) is 11.5. The van der Waals surface area contributed by atoms with Gasteiger partial charge in [-0.3, -0.25) is 19.8 Å². The molecule has 182 valence electrons. The van der Waals surface area contributed by atoms with Gasteiger partial charge in [-0.25, -0.2) is 14.8 Å². The number of nitriles is 1. The van der Waals surface area contributed by atoms with Crippen molar-refractivity contribution in [2.45, 2.75) is 32.2 Å². The Morgan fingerprint density at radius 3 is 2.83 bits per heavy atom. The number of hydrogen-bond acceptors (Lipinski definition) is 8. The molecule has 0 spiro atoms. The molecule has 2 aromatic heterocycles. The number of carbonyl (C=O) groups excluding carboxylic acids is 3. The van der Waals surface area contributed by atoms with E-state index in [1.165, 1.54) is 11.1 Å². The average molecular weight is 478 g/mol. The third-order valence-corrected chi connectivity index (χ3v) is 6.04. The number of pyridine rings is 2. The normalized spacial score (nSPS) is 14.9. The highest BCUT2D eigenvalue weighted by atomic mass is 16.5. The first-order chi connectivity index (χ1) is 17.0. The van der Waals surface area contributed by atoms with Gasteiger partial charge in [0.1, 0.15) is 23.4 Å². The summed E-state index contributed by atoms with van der Waals surface area (Å²) in [6.07, 6.45) is 4.85. The van der Waals surface area contributed by atoms with Crippen LogP contribution < -0.4 is 15.5 Å². The SMILES string of the molecule is COCCNc1cc(NC(=O)N2CCCc3cc(CN4CCCC4=O)c(C=O)nc32)ncc1C#N. The molecule has 4 heterocycles. The highest BCUT2D eigenvalue weighted by Crippen LogP contribution is 2.29. The quantitative estimate of drug-likeness (QED) is 0.436. The summed E-state index contributed by atoms with van der Waals surface area (Å²) in [6.45, 7) is 2.39. The van der Waals surface area contributed by atoms with E-state index in [0.717, 1.165) is 24.8 Å². The van der Waals surface area contributed by atoms with E-state index in [1.807, 2.05) is 6.07 Å². The van der Waals surface area contributed by atoms with Crippen LogP contribution in [0.1, 0.15) is 46.4 Å². The molecule has 1 fully saturated rings. The zero-order valence-electron chi connectivity index (χ0n) is 19.5. The maximum atomic E-state index is 13.2. The number of ether oxygens (including phenoxy) is 1. The summed E-state index contributed by atoms with van der Waals surface area (Å²) in [5.41, 5.74) is 2.66. The Morgan fingerprint density at radius 1 is 1.29 bits per heavy atom. The molecule has 0 aromatic carbocycles. The van der Waals surface area contributed by atoms with Crippen LogP contribution in [0.25, 0.3) is 0 Å². The number of amides is 3. The lowest BCUT2D eigenvalue weighted by Gasteiger charge is -2.29. The highest BCUT2D eigenvalue weighted by Gasteiger charge is 2.28.